The fraction of sp³-hybridized carbons (Fsp3) is 0.833. The molecule has 0 aromatic carbocycles. The van der Waals surface area contributed by atoms with Crippen molar-refractivity contribution in [1.82, 2.24) is 0 Å². The summed E-state index contributed by atoms with van der Waals surface area (Å²) in [7, 11) is 0.587. The normalized spacial score (nSPS) is 17.4. The molecule has 0 fully saturated rings. The summed E-state index contributed by atoms with van der Waals surface area (Å²) in [5.41, 5.74) is -3.93. The zero-order valence-electron chi connectivity index (χ0n) is 7.15. The van der Waals surface area contributed by atoms with Gasteiger partial charge in [0.15, 0.2) is 0 Å². The van der Waals surface area contributed by atoms with Crippen LogP contribution in [-0.4, -0.2) is 35.9 Å². The molecule has 0 aliphatic rings. The van der Waals surface area contributed by atoms with E-state index in [0.29, 0.717) is 7.11 Å². The Morgan fingerprint density at radius 2 is 1.57 bits per heavy atom. The molecule has 0 amide bonds. The second-order valence-corrected chi connectivity index (χ2v) is 2.64. The second-order valence-electron chi connectivity index (χ2n) is 2.64. The smallest absolute Gasteiger partial charge is 0.457 e. The largest absolute Gasteiger partial charge is 0.467 e. The average molecular weight is 222 g/mol. The van der Waals surface area contributed by atoms with Gasteiger partial charge in [0.2, 0.25) is 5.60 Å². The number of halogens is 5. The van der Waals surface area contributed by atoms with E-state index in [4.69, 9.17) is 5.11 Å². The van der Waals surface area contributed by atoms with Crippen LogP contribution in [-0.2, 0) is 9.53 Å². The first-order chi connectivity index (χ1) is 5.98. The maximum absolute atomic E-state index is 12.5. The van der Waals surface area contributed by atoms with E-state index in [9.17, 15) is 26.7 Å². The highest BCUT2D eigenvalue weighted by molar-refractivity contribution is 5.80. The van der Waals surface area contributed by atoms with E-state index in [1.165, 1.54) is 0 Å². The van der Waals surface area contributed by atoms with Crippen LogP contribution in [0, 0.1) is 0 Å². The average Bonchev–Trinajstić information content (AvgIpc) is 2.00. The Balaban J connectivity index is 5.18. The number of alkyl halides is 5. The van der Waals surface area contributed by atoms with E-state index in [1.807, 2.05) is 0 Å². The van der Waals surface area contributed by atoms with Crippen molar-refractivity contribution in [3.05, 3.63) is 0 Å². The van der Waals surface area contributed by atoms with Gasteiger partial charge < -0.3 is 9.84 Å². The van der Waals surface area contributed by atoms with Gasteiger partial charge in [-0.15, -0.1) is 0 Å². The molecular weight excluding hydrogens is 215 g/mol. The lowest BCUT2D eigenvalue weighted by molar-refractivity contribution is -0.333. The molecule has 0 aliphatic heterocycles. The van der Waals surface area contributed by atoms with Gasteiger partial charge in [-0.25, -0.2) is 4.79 Å². The van der Waals surface area contributed by atoms with Crippen molar-refractivity contribution in [2.24, 2.45) is 0 Å². The minimum absolute atomic E-state index is 0.0341. The molecule has 0 aliphatic carbocycles. The van der Waals surface area contributed by atoms with Gasteiger partial charge in [0, 0.05) is 0 Å². The lowest BCUT2D eigenvalue weighted by Gasteiger charge is -2.30. The first-order valence-corrected chi connectivity index (χ1v) is 3.24. The lowest BCUT2D eigenvalue weighted by Crippen LogP contribution is -2.60. The maximum Gasteiger partial charge on any atom is 0.457 e. The summed E-state index contributed by atoms with van der Waals surface area (Å²) in [5, 5.41) is 8.70. The number of carbonyl (C=O) groups is 1. The molecule has 8 heteroatoms. The molecule has 0 radical (unpaired) electrons. The predicted octanol–water partition coefficient (Wildman–Crippen LogP) is 1.11. The zero-order valence-corrected chi connectivity index (χ0v) is 7.15. The fourth-order valence-electron chi connectivity index (χ4n) is 0.603. The molecule has 0 aromatic heterocycles. The van der Waals surface area contributed by atoms with Crippen molar-refractivity contribution in [1.29, 1.82) is 0 Å². The highest BCUT2D eigenvalue weighted by atomic mass is 19.4. The predicted molar refractivity (Wildman–Crippen MR) is 33.6 cm³/mol. The molecule has 0 saturated carbocycles. The molecule has 0 bridgehead atoms. The molecule has 3 nitrogen and oxygen atoms in total. The molecule has 0 rings (SSSR count). The summed E-state index contributed by atoms with van der Waals surface area (Å²) >= 11 is 0. The SMILES string of the molecule is COC(=O)C(C)(O)C(F)(F)C(F)(F)F. The number of ether oxygens (including phenoxy) is 1. The number of methoxy groups -OCH3 is 1. The van der Waals surface area contributed by atoms with Crippen molar-refractivity contribution in [3.63, 3.8) is 0 Å². The van der Waals surface area contributed by atoms with Crippen LogP contribution in [0.5, 0.6) is 0 Å². The number of hydrogen-bond acceptors (Lipinski definition) is 3. The Kier molecular flexibility index (Phi) is 3.12. The zero-order chi connectivity index (χ0) is 11.8. The first kappa shape index (κ1) is 13.1. The van der Waals surface area contributed by atoms with Gasteiger partial charge in [0.05, 0.1) is 7.11 Å². The van der Waals surface area contributed by atoms with Crippen molar-refractivity contribution in [3.8, 4) is 0 Å². The van der Waals surface area contributed by atoms with E-state index in [-0.39, 0.29) is 6.92 Å². The van der Waals surface area contributed by atoms with Crippen LogP contribution in [0.25, 0.3) is 0 Å². The van der Waals surface area contributed by atoms with Gasteiger partial charge in [-0.3, -0.25) is 0 Å². The van der Waals surface area contributed by atoms with Crippen molar-refractivity contribution < 1.29 is 36.6 Å². The monoisotopic (exact) mass is 222 g/mol. The molecule has 1 atom stereocenters. The van der Waals surface area contributed by atoms with Gasteiger partial charge in [-0.05, 0) is 6.92 Å². The summed E-state index contributed by atoms with van der Waals surface area (Å²) in [5.74, 6) is -7.62. The number of hydrogen-bond donors (Lipinski definition) is 1. The molecular formula is C6H7F5O3. The molecule has 14 heavy (non-hydrogen) atoms. The highest BCUT2D eigenvalue weighted by Crippen LogP contribution is 2.43. The third-order valence-corrected chi connectivity index (χ3v) is 1.55. The minimum atomic E-state index is -6.02. The standard InChI is InChI=1S/C6H7F5O3/c1-4(13,3(12)14-2)5(7,8)6(9,10)11/h13H,1-2H3. The molecule has 1 N–H and O–H groups in total. The number of carbonyl (C=O) groups excluding carboxylic acids is 1. The summed E-state index contributed by atoms with van der Waals surface area (Å²) in [6.45, 7) is 0.0341. The van der Waals surface area contributed by atoms with Crippen molar-refractivity contribution >= 4 is 5.97 Å². The molecule has 0 saturated heterocycles. The Morgan fingerprint density at radius 1 is 1.21 bits per heavy atom. The molecule has 0 aromatic rings. The molecule has 0 spiro atoms. The Hall–Kier alpha value is -0.920. The molecule has 84 valence electrons. The van der Waals surface area contributed by atoms with Gasteiger partial charge >= 0.3 is 18.1 Å². The lowest BCUT2D eigenvalue weighted by atomic mass is 9.98. The topological polar surface area (TPSA) is 46.5 Å². The number of esters is 1. The van der Waals surface area contributed by atoms with Gasteiger partial charge in [-0.1, -0.05) is 0 Å². The minimum Gasteiger partial charge on any atom is -0.467 e. The first-order valence-electron chi connectivity index (χ1n) is 3.24. The fourth-order valence-corrected chi connectivity index (χ4v) is 0.603. The van der Waals surface area contributed by atoms with E-state index in [0.717, 1.165) is 0 Å². The highest BCUT2D eigenvalue weighted by Gasteiger charge is 2.71. The summed E-state index contributed by atoms with van der Waals surface area (Å²) in [4.78, 5) is 10.5. The molecule has 0 heterocycles. The van der Waals surface area contributed by atoms with Crippen LogP contribution in [0.1, 0.15) is 6.92 Å². The van der Waals surface area contributed by atoms with Crippen molar-refractivity contribution in [2.45, 2.75) is 24.6 Å². The third-order valence-electron chi connectivity index (χ3n) is 1.55. The Labute approximate surface area is 75.5 Å². The van der Waals surface area contributed by atoms with E-state index < -0.39 is 23.7 Å². The van der Waals surface area contributed by atoms with E-state index in [1.54, 1.807) is 0 Å². The third kappa shape index (κ3) is 1.79. The summed E-state index contributed by atoms with van der Waals surface area (Å²) in [6, 6.07) is 0. The van der Waals surface area contributed by atoms with Crippen LogP contribution < -0.4 is 0 Å². The summed E-state index contributed by atoms with van der Waals surface area (Å²) in [6.07, 6.45) is -6.02. The second kappa shape index (κ2) is 3.34. The van der Waals surface area contributed by atoms with Crippen LogP contribution in [0.3, 0.4) is 0 Å². The summed E-state index contributed by atoms with van der Waals surface area (Å²) < 4.78 is 63.7. The van der Waals surface area contributed by atoms with Gasteiger partial charge in [-0.2, -0.15) is 22.0 Å². The van der Waals surface area contributed by atoms with E-state index >= 15 is 0 Å². The van der Waals surface area contributed by atoms with Gasteiger partial charge in [0.1, 0.15) is 0 Å². The molecule has 1 unspecified atom stereocenters. The number of rotatable bonds is 2. The quantitative estimate of drug-likeness (QED) is 0.562. The van der Waals surface area contributed by atoms with Crippen LogP contribution in [0.15, 0.2) is 0 Å². The van der Waals surface area contributed by atoms with Crippen molar-refractivity contribution in [2.75, 3.05) is 7.11 Å². The van der Waals surface area contributed by atoms with Gasteiger partial charge in [0.25, 0.3) is 0 Å². The maximum atomic E-state index is 12.5. The Morgan fingerprint density at radius 3 is 1.79 bits per heavy atom. The van der Waals surface area contributed by atoms with Crippen LogP contribution >= 0.6 is 0 Å². The van der Waals surface area contributed by atoms with E-state index in [2.05, 4.69) is 4.74 Å². The van der Waals surface area contributed by atoms with Crippen LogP contribution in [0.2, 0.25) is 0 Å². The number of aliphatic hydroxyl groups is 1. The van der Waals surface area contributed by atoms with Crippen LogP contribution in [0.4, 0.5) is 22.0 Å². The Bertz CT molecular complexity index is 232.